The molecule has 1 amide bonds. The molecule has 1 unspecified atom stereocenters. The molecule has 0 aromatic heterocycles. The van der Waals surface area contributed by atoms with Gasteiger partial charge in [-0.25, -0.2) is 0 Å². The van der Waals surface area contributed by atoms with Crippen molar-refractivity contribution in [3.63, 3.8) is 0 Å². The highest BCUT2D eigenvalue weighted by atomic mass is 16.6. The molecule has 2 saturated heterocycles. The van der Waals surface area contributed by atoms with Crippen LogP contribution in [0.4, 0.5) is 0 Å². The molecule has 1 aromatic rings. The van der Waals surface area contributed by atoms with Crippen LogP contribution in [-0.2, 0) is 20.7 Å². The summed E-state index contributed by atoms with van der Waals surface area (Å²) in [6.07, 6.45) is 4.38. The highest BCUT2D eigenvalue weighted by Crippen LogP contribution is 2.66. The molecule has 28 heavy (non-hydrogen) atoms. The Kier molecular flexibility index (Phi) is 4.48. The number of ether oxygens (including phenoxy) is 2. The maximum absolute atomic E-state index is 13.5. The number of rotatable bonds is 4. The van der Waals surface area contributed by atoms with Crippen molar-refractivity contribution < 1.29 is 19.1 Å². The number of esters is 1. The molecule has 152 valence electrons. The van der Waals surface area contributed by atoms with E-state index in [1.807, 2.05) is 37.8 Å². The quantitative estimate of drug-likeness (QED) is 0.743. The predicted molar refractivity (Wildman–Crippen MR) is 106 cm³/mol. The molecular weight excluding hydrogens is 354 g/mol. The van der Waals surface area contributed by atoms with E-state index in [0.29, 0.717) is 12.3 Å². The molecule has 3 aliphatic rings. The van der Waals surface area contributed by atoms with Gasteiger partial charge in [0.25, 0.3) is 5.91 Å². The van der Waals surface area contributed by atoms with Crippen LogP contribution in [-0.4, -0.2) is 42.6 Å². The first-order valence-electron chi connectivity index (χ1n) is 10.4. The second-order valence-electron chi connectivity index (χ2n) is 9.46. The van der Waals surface area contributed by atoms with Gasteiger partial charge in [-0.2, -0.15) is 0 Å². The van der Waals surface area contributed by atoms with Gasteiger partial charge in [0.15, 0.2) is 5.60 Å². The molecule has 2 heterocycles. The van der Waals surface area contributed by atoms with E-state index < -0.39 is 16.4 Å². The van der Waals surface area contributed by atoms with E-state index in [2.05, 4.69) is 12.1 Å². The third kappa shape index (κ3) is 2.58. The Morgan fingerprint density at radius 1 is 1.14 bits per heavy atom. The zero-order valence-electron chi connectivity index (χ0n) is 17.4. The summed E-state index contributed by atoms with van der Waals surface area (Å²) in [7, 11) is 1.68. The van der Waals surface area contributed by atoms with Crippen molar-refractivity contribution in [3.8, 4) is 5.75 Å². The first-order chi connectivity index (χ1) is 13.2. The predicted octanol–water partition coefficient (Wildman–Crippen LogP) is 3.60. The van der Waals surface area contributed by atoms with Crippen molar-refractivity contribution in [1.29, 1.82) is 0 Å². The van der Waals surface area contributed by atoms with Crippen molar-refractivity contribution >= 4 is 11.9 Å². The van der Waals surface area contributed by atoms with Crippen LogP contribution in [0.15, 0.2) is 24.3 Å². The van der Waals surface area contributed by atoms with Gasteiger partial charge in [-0.3, -0.25) is 9.59 Å². The summed E-state index contributed by atoms with van der Waals surface area (Å²) >= 11 is 0. The third-order valence-electron chi connectivity index (χ3n) is 8.01. The van der Waals surface area contributed by atoms with Gasteiger partial charge in [0.2, 0.25) is 0 Å². The van der Waals surface area contributed by atoms with E-state index in [4.69, 9.17) is 9.47 Å². The van der Waals surface area contributed by atoms with Crippen molar-refractivity contribution in [2.24, 2.45) is 16.7 Å². The molecule has 5 nitrogen and oxygen atoms in total. The lowest BCUT2D eigenvalue weighted by Gasteiger charge is -2.41. The number of methoxy groups -OCH3 is 1. The highest BCUT2D eigenvalue weighted by molar-refractivity contribution is 5.96. The summed E-state index contributed by atoms with van der Waals surface area (Å²) < 4.78 is 11.0. The fraction of sp³-hybridized carbons (Fsp3) is 0.652. The number of benzene rings is 1. The second kappa shape index (κ2) is 6.50. The fourth-order valence-electron chi connectivity index (χ4n) is 5.41. The number of carbonyl (C=O) groups excluding carboxylic acids is 2. The number of fused-ring (bicyclic) bond motifs is 2. The number of carbonyl (C=O) groups is 2. The minimum absolute atomic E-state index is 0.0231. The zero-order chi connectivity index (χ0) is 20.2. The van der Waals surface area contributed by atoms with Crippen LogP contribution in [0.3, 0.4) is 0 Å². The maximum atomic E-state index is 13.5. The number of nitrogens with zero attached hydrogens (tertiary/aromatic N) is 1. The van der Waals surface area contributed by atoms with Gasteiger partial charge < -0.3 is 14.4 Å². The van der Waals surface area contributed by atoms with Crippen LogP contribution in [0.2, 0.25) is 0 Å². The number of likely N-dealkylation sites (tertiary alicyclic amines) is 1. The Bertz CT molecular complexity index is 778. The minimum atomic E-state index is -0.971. The number of amides is 1. The largest absolute Gasteiger partial charge is 0.497 e. The minimum Gasteiger partial charge on any atom is -0.497 e. The van der Waals surface area contributed by atoms with Gasteiger partial charge in [-0.1, -0.05) is 26.0 Å². The van der Waals surface area contributed by atoms with Gasteiger partial charge in [0, 0.05) is 18.5 Å². The molecule has 0 radical (unpaired) electrons. The van der Waals surface area contributed by atoms with E-state index in [0.717, 1.165) is 44.5 Å². The first kappa shape index (κ1) is 19.3. The fourth-order valence-corrected chi connectivity index (χ4v) is 5.41. The standard InChI is InChI=1S/C23H31NO4/c1-21(2)22(3)11-12-23(21,28-20(22)26)19(25)24-13-9-17(10-14-24)15-16-5-7-18(27-4)8-6-16/h5-8,17H,9-15H2,1-4H3/t22-,23?/m0/s1. The van der Waals surface area contributed by atoms with E-state index >= 15 is 0 Å². The normalized spacial score (nSPS) is 31.7. The molecule has 1 aliphatic carbocycles. The van der Waals surface area contributed by atoms with E-state index in [9.17, 15) is 9.59 Å². The van der Waals surface area contributed by atoms with Crippen molar-refractivity contribution in [2.75, 3.05) is 20.2 Å². The molecule has 2 atom stereocenters. The first-order valence-corrected chi connectivity index (χ1v) is 10.4. The third-order valence-corrected chi connectivity index (χ3v) is 8.01. The summed E-state index contributed by atoms with van der Waals surface area (Å²) in [6, 6.07) is 8.24. The summed E-state index contributed by atoms with van der Waals surface area (Å²) in [5, 5.41) is 0. The molecule has 3 fully saturated rings. The van der Waals surface area contributed by atoms with Gasteiger partial charge in [-0.15, -0.1) is 0 Å². The average molecular weight is 386 g/mol. The maximum Gasteiger partial charge on any atom is 0.313 e. The Labute approximate surface area is 167 Å². The smallest absolute Gasteiger partial charge is 0.313 e. The van der Waals surface area contributed by atoms with E-state index in [1.54, 1.807) is 7.11 Å². The summed E-state index contributed by atoms with van der Waals surface area (Å²) in [5.41, 5.74) is -0.674. The van der Waals surface area contributed by atoms with Crippen molar-refractivity contribution in [2.45, 2.75) is 58.5 Å². The van der Waals surface area contributed by atoms with Crippen molar-refractivity contribution in [1.82, 2.24) is 4.90 Å². The number of hydrogen-bond donors (Lipinski definition) is 0. The monoisotopic (exact) mass is 385 g/mol. The molecule has 1 saturated carbocycles. The van der Waals surface area contributed by atoms with Gasteiger partial charge in [0.05, 0.1) is 12.5 Å². The SMILES string of the molecule is COc1ccc(CC2CCN(C(=O)C34CC[C@@](C)(C(=O)O3)C4(C)C)CC2)cc1. The van der Waals surface area contributed by atoms with E-state index in [-0.39, 0.29) is 11.9 Å². The Hall–Kier alpha value is -2.04. The average Bonchev–Trinajstić information content (AvgIpc) is 2.99. The Balaban J connectivity index is 1.40. The molecule has 2 aliphatic heterocycles. The number of hydrogen-bond acceptors (Lipinski definition) is 4. The molecule has 2 bridgehead atoms. The van der Waals surface area contributed by atoms with Crippen LogP contribution in [0.25, 0.3) is 0 Å². The van der Waals surface area contributed by atoms with Crippen LogP contribution in [0.1, 0.15) is 52.0 Å². The van der Waals surface area contributed by atoms with Gasteiger partial charge in [-0.05, 0) is 62.6 Å². The lowest BCUT2D eigenvalue weighted by Crippen LogP contribution is -2.56. The highest BCUT2D eigenvalue weighted by Gasteiger charge is 2.76. The van der Waals surface area contributed by atoms with E-state index in [1.165, 1.54) is 5.56 Å². The molecule has 1 aromatic carbocycles. The summed E-state index contributed by atoms with van der Waals surface area (Å²) in [5.74, 6) is 1.27. The second-order valence-corrected chi connectivity index (χ2v) is 9.46. The Morgan fingerprint density at radius 2 is 1.79 bits per heavy atom. The van der Waals surface area contributed by atoms with Crippen molar-refractivity contribution in [3.05, 3.63) is 29.8 Å². The van der Waals surface area contributed by atoms with Gasteiger partial charge >= 0.3 is 5.97 Å². The van der Waals surface area contributed by atoms with Crippen LogP contribution < -0.4 is 4.74 Å². The molecular formula is C23H31NO4. The molecule has 5 heteroatoms. The molecule has 4 rings (SSSR count). The van der Waals surface area contributed by atoms with Crippen LogP contribution in [0, 0.1) is 16.7 Å². The summed E-state index contributed by atoms with van der Waals surface area (Å²) in [6.45, 7) is 7.49. The van der Waals surface area contributed by atoms with Crippen LogP contribution >= 0.6 is 0 Å². The molecule has 0 N–H and O–H groups in total. The lowest BCUT2D eigenvalue weighted by molar-refractivity contribution is -0.174. The lowest BCUT2D eigenvalue weighted by atomic mass is 9.66. The zero-order valence-corrected chi connectivity index (χ0v) is 17.4. The van der Waals surface area contributed by atoms with Crippen LogP contribution in [0.5, 0.6) is 5.75 Å². The Morgan fingerprint density at radius 3 is 2.29 bits per heavy atom. The molecule has 0 spiro atoms. The topological polar surface area (TPSA) is 55.8 Å². The number of piperidine rings is 1. The van der Waals surface area contributed by atoms with Gasteiger partial charge in [0.1, 0.15) is 5.75 Å². The summed E-state index contributed by atoms with van der Waals surface area (Å²) in [4.78, 5) is 27.9.